The Morgan fingerprint density at radius 3 is 2.88 bits per heavy atom. The summed E-state index contributed by atoms with van der Waals surface area (Å²) in [6.45, 7) is 7.71. The fourth-order valence-electron chi connectivity index (χ4n) is 2.41. The van der Waals surface area contributed by atoms with E-state index in [0.29, 0.717) is 11.3 Å². The summed E-state index contributed by atoms with van der Waals surface area (Å²) in [6.07, 6.45) is 6.40. The van der Waals surface area contributed by atoms with Gasteiger partial charge in [0, 0.05) is 18.3 Å². The second kappa shape index (κ2) is 4.18. The average molecular weight is 222 g/mol. The number of aromatic nitrogens is 2. The Morgan fingerprint density at radius 2 is 2.38 bits per heavy atom. The van der Waals surface area contributed by atoms with Crippen LogP contribution in [0.5, 0.6) is 0 Å². The van der Waals surface area contributed by atoms with Crippen molar-refractivity contribution in [2.24, 2.45) is 17.2 Å². The fraction of sp³-hybridized carbons (Fsp3) is 0.750. The van der Waals surface area contributed by atoms with Gasteiger partial charge in [-0.25, -0.2) is 0 Å². The van der Waals surface area contributed by atoms with Crippen molar-refractivity contribution in [1.82, 2.24) is 15.2 Å². The Bertz CT molecular complexity index is 356. The van der Waals surface area contributed by atoms with Gasteiger partial charge in [0.25, 0.3) is 0 Å². The summed E-state index contributed by atoms with van der Waals surface area (Å²) in [5, 5.41) is 4.35. The highest BCUT2D eigenvalue weighted by atomic mass is 15.3. The van der Waals surface area contributed by atoms with E-state index in [1.165, 1.54) is 12.0 Å². The second-order valence-electron chi connectivity index (χ2n) is 5.48. The minimum atomic E-state index is 0.251. The smallest absolute Gasteiger partial charge is 0.0538 e. The molecule has 0 radical (unpaired) electrons. The van der Waals surface area contributed by atoms with Gasteiger partial charge < -0.3 is 0 Å². The van der Waals surface area contributed by atoms with Crippen LogP contribution in [0.4, 0.5) is 0 Å². The highest BCUT2D eigenvalue weighted by Gasteiger charge is 2.50. The lowest BCUT2D eigenvalue weighted by Gasteiger charge is -2.15. The van der Waals surface area contributed by atoms with Crippen molar-refractivity contribution >= 4 is 0 Å². The predicted molar refractivity (Wildman–Crippen MR) is 64.5 cm³/mol. The van der Waals surface area contributed by atoms with E-state index in [1.54, 1.807) is 0 Å². The molecule has 2 unspecified atom stereocenters. The molecule has 0 aliphatic heterocycles. The molecule has 1 saturated carbocycles. The first-order valence-corrected chi connectivity index (χ1v) is 6.07. The maximum Gasteiger partial charge on any atom is 0.0538 e. The van der Waals surface area contributed by atoms with E-state index in [0.717, 1.165) is 13.0 Å². The van der Waals surface area contributed by atoms with Crippen molar-refractivity contribution in [3.63, 3.8) is 0 Å². The minimum absolute atomic E-state index is 0.251. The van der Waals surface area contributed by atoms with Gasteiger partial charge in [0.2, 0.25) is 0 Å². The summed E-state index contributed by atoms with van der Waals surface area (Å²) in [4.78, 5) is 0. The largest absolute Gasteiger partial charge is 0.272 e. The summed E-state index contributed by atoms with van der Waals surface area (Å²) >= 11 is 0. The Kier molecular flexibility index (Phi) is 3.04. The first kappa shape index (κ1) is 11.6. The zero-order chi connectivity index (χ0) is 11.8. The van der Waals surface area contributed by atoms with Crippen LogP contribution < -0.4 is 11.3 Å². The molecule has 2 atom stereocenters. The molecule has 1 aromatic rings. The molecule has 0 aromatic carbocycles. The van der Waals surface area contributed by atoms with E-state index in [4.69, 9.17) is 5.84 Å². The van der Waals surface area contributed by atoms with E-state index in [-0.39, 0.29) is 6.04 Å². The molecular weight excluding hydrogens is 200 g/mol. The fourth-order valence-corrected chi connectivity index (χ4v) is 2.41. The molecule has 90 valence electrons. The maximum atomic E-state index is 5.66. The maximum absolute atomic E-state index is 5.66. The molecule has 2 rings (SSSR count). The van der Waals surface area contributed by atoms with E-state index in [1.807, 2.05) is 10.9 Å². The number of nitrogens with one attached hydrogen (secondary N) is 1. The third-order valence-electron chi connectivity index (χ3n) is 3.64. The van der Waals surface area contributed by atoms with Gasteiger partial charge in [0.15, 0.2) is 0 Å². The standard InChI is InChI=1S/C12H22N4/c1-4-5-16-8-9(7-14-16)11(15-13)10-6-12(10,2)3/h7-8,10-11,15H,4-6,13H2,1-3H3. The molecule has 4 nitrogen and oxygen atoms in total. The van der Waals surface area contributed by atoms with E-state index in [9.17, 15) is 0 Å². The monoisotopic (exact) mass is 222 g/mol. The number of nitrogens with zero attached hydrogens (tertiary/aromatic N) is 2. The first-order chi connectivity index (χ1) is 7.58. The Morgan fingerprint density at radius 1 is 1.69 bits per heavy atom. The second-order valence-corrected chi connectivity index (χ2v) is 5.48. The van der Waals surface area contributed by atoms with Crippen molar-refractivity contribution in [2.75, 3.05) is 0 Å². The first-order valence-electron chi connectivity index (χ1n) is 6.07. The quantitative estimate of drug-likeness (QED) is 0.590. The summed E-state index contributed by atoms with van der Waals surface area (Å²) in [5.74, 6) is 6.30. The summed E-state index contributed by atoms with van der Waals surface area (Å²) < 4.78 is 2.00. The summed E-state index contributed by atoms with van der Waals surface area (Å²) in [6, 6.07) is 0.251. The molecule has 0 saturated heterocycles. The molecule has 0 amide bonds. The Balaban J connectivity index is 2.09. The zero-order valence-corrected chi connectivity index (χ0v) is 10.4. The lowest BCUT2D eigenvalue weighted by molar-refractivity contribution is 0.422. The van der Waals surface area contributed by atoms with E-state index in [2.05, 4.69) is 37.5 Å². The van der Waals surface area contributed by atoms with Crippen LogP contribution in [0.15, 0.2) is 12.4 Å². The van der Waals surface area contributed by atoms with Crippen molar-refractivity contribution in [3.05, 3.63) is 18.0 Å². The van der Waals surface area contributed by atoms with Gasteiger partial charge in [-0.2, -0.15) is 5.10 Å². The molecule has 1 aliphatic carbocycles. The molecule has 4 heteroatoms. The van der Waals surface area contributed by atoms with Crippen LogP contribution in [-0.2, 0) is 6.54 Å². The highest BCUT2D eigenvalue weighted by Crippen LogP contribution is 2.57. The zero-order valence-electron chi connectivity index (χ0n) is 10.4. The average Bonchev–Trinajstić information content (AvgIpc) is 2.64. The molecule has 1 fully saturated rings. The Labute approximate surface area is 97.2 Å². The SMILES string of the molecule is CCCn1cc(C(NN)C2CC2(C)C)cn1. The van der Waals surface area contributed by atoms with Crippen LogP contribution in [-0.4, -0.2) is 9.78 Å². The van der Waals surface area contributed by atoms with E-state index >= 15 is 0 Å². The topological polar surface area (TPSA) is 55.9 Å². The van der Waals surface area contributed by atoms with Gasteiger partial charge in [0.05, 0.1) is 12.2 Å². The number of hydrogen-bond donors (Lipinski definition) is 2. The van der Waals surface area contributed by atoms with Gasteiger partial charge in [-0.05, 0) is 24.2 Å². The number of nitrogens with two attached hydrogens (primary N) is 1. The van der Waals surface area contributed by atoms with Gasteiger partial charge in [-0.1, -0.05) is 20.8 Å². The molecule has 0 spiro atoms. The molecule has 0 bridgehead atoms. The molecular formula is C12H22N4. The van der Waals surface area contributed by atoms with Crippen LogP contribution in [0.25, 0.3) is 0 Å². The molecule has 1 aromatic heterocycles. The van der Waals surface area contributed by atoms with Crippen LogP contribution >= 0.6 is 0 Å². The van der Waals surface area contributed by atoms with Crippen LogP contribution in [0.1, 0.15) is 45.2 Å². The third kappa shape index (κ3) is 2.13. The number of aryl methyl sites for hydroxylation is 1. The summed E-state index contributed by atoms with van der Waals surface area (Å²) in [7, 11) is 0. The van der Waals surface area contributed by atoms with Crippen LogP contribution in [0.2, 0.25) is 0 Å². The number of rotatable bonds is 5. The van der Waals surface area contributed by atoms with E-state index < -0.39 is 0 Å². The molecule has 16 heavy (non-hydrogen) atoms. The molecule has 3 N–H and O–H groups in total. The third-order valence-corrected chi connectivity index (χ3v) is 3.64. The Hall–Kier alpha value is -0.870. The molecule has 1 aliphatic rings. The number of hydrazine groups is 1. The number of hydrogen-bond acceptors (Lipinski definition) is 3. The minimum Gasteiger partial charge on any atom is -0.272 e. The lowest BCUT2D eigenvalue weighted by Crippen LogP contribution is -2.30. The summed E-state index contributed by atoms with van der Waals surface area (Å²) in [5.41, 5.74) is 4.57. The van der Waals surface area contributed by atoms with Gasteiger partial charge >= 0.3 is 0 Å². The van der Waals surface area contributed by atoms with Crippen LogP contribution in [0.3, 0.4) is 0 Å². The van der Waals surface area contributed by atoms with Crippen molar-refractivity contribution < 1.29 is 0 Å². The predicted octanol–water partition coefficient (Wildman–Crippen LogP) is 1.84. The van der Waals surface area contributed by atoms with Gasteiger partial charge in [0.1, 0.15) is 0 Å². The van der Waals surface area contributed by atoms with Crippen molar-refractivity contribution in [3.8, 4) is 0 Å². The van der Waals surface area contributed by atoms with Crippen LogP contribution in [0, 0.1) is 11.3 Å². The van der Waals surface area contributed by atoms with Gasteiger partial charge in [-0.3, -0.25) is 16.0 Å². The van der Waals surface area contributed by atoms with Crippen molar-refractivity contribution in [1.29, 1.82) is 0 Å². The van der Waals surface area contributed by atoms with Gasteiger partial charge in [-0.15, -0.1) is 0 Å². The van der Waals surface area contributed by atoms with Crippen molar-refractivity contribution in [2.45, 2.75) is 46.2 Å². The highest BCUT2D eigenvalue weighted by molar-refractivity contribution is 5.17. The molecule has 1 heterocycles. The normalized spacial score (nSPS) is 24.4. The lowest BCUT2D eigenvalue weighted by atomic mass is 10.0.